The summed E-state index contributed by atoms with van der Waals surface area (Å²) in [6.45, 7) is 0. The fourth-order valence-corrected chi connectivity index (χ4v) is 2.45. The first-order valence-corrected chi connectivity index (χ1v) is 6.88. The van der Waals surface area contributed by atoms with Gasteiger partial charge in [-0.2, -0.15) is 5.10 Å². The maximum absolute atomic E-state index is 10.3. The molecule has 3 aromatic rings. The van der Waals surface area contributed by atoms with Crippen LogP contribution in [0.4, 0.5) is 0 Å². The van der Waals surface area contributed by atoms with Crippen molar-refractivity contribution >= 4 is 11.0 Å². The molecule has 1 aromatic heterocycles. The van der Waals surface area contributed by atoms with Crippen LogP contribution in [0, 0.1) is 0 Å². The Morgan fingerprint density at radius 1 is 1.04 bits per heavy atom. The highest BCUT2D eigenvalue weighted by atomic mass is 16.5. The lowest BCUT2D eigenvalue weighted by molar-refractivity contribution is 0.408. The number of benzene rings is 2. The largest absolute Gasteiger partial charge is 0.507 e. The van der Waals surface area contributed by atoms with Crippen molar-refractivity contribution in [3.8, 4) is 28.4 Å². The number of hydrogen-bond acceptors (Lipinski definition) is 6. The number of phenols is 1. The Hall–Kier alpha value is -3.15. The molecule has 0 radical (unpaired) electrons. The Morgan fingerprint density at radius 3 is 2.35 bits per heavy atom. The summed E-state index contributed by atoms with van der Waals surface area (Å²) in [5, 5.41) is 15.0. The zero-order valence-corrected chi connectivity index (χ0v) is 12.7. The number of ether oxygens (including phenoxy) is 2. The van der Waals surface area contributed by atoms with E-state index in [0.29, 0.717) is 27.6 Å². The molecule has 3 N–H and O–H groups in total. The lowest BCUT2D eigenvalue weighted by Crippen LogP contribution is -2.11. The molecule has 0 fully saturated rings. The second-order valence-corrected chi connectivity index (χ2v) is 4.88. The number of aromatic hydroxyl groups is 1. The molecular weight excluding hydrogens is 296 g/mol. The van der Waals surface area contributed by atoms with E-state index in [1.807, 2.05) is 24.3 Å². The van der Waals surface area contributed by atoms with Crippen molar-refractivity contribution in [3.63, 3.8) is 0 Å². The molecule has 0 aliphatic carbocycles. The second kappa shape index (κ2) is 5.92. The molecule has 0 saturated heterocycles. The molecule has 0 spiro atoms. The van der Waals surface area contributed by atoms with E-state index in [1.54, 1.807) is 19.4 Å². The summed E-state index contributed by atoms with van der Waals surface area (Å²) >= 11 is 0. The number of nitrogens with zero attached hydrogens (tertiary/aromatic N) is 1. The van der Waals surface area contributed by atoms with Crippen molar-refractivity contribution in [1.29, 1.82) is 0 Å². The summed E-state index contributed by atoms with van der Waals surface area (Å²) in [5.41, 5.74) is 1.95. The molecule has 0 unspecified atom stereocenters. The molecule has 118 valence electrons. The fourth-order valence-electron chi connectivity index (χ4n) is 2.45. The monoisotopic (exact) mass is 312 g/mol. The molecule has 0 bridgehead atoms. The third kappa shape index (κ3) is 2.55. The highest BCUT2D eigenvalue weighted by molar-refractivity contribution is 5.87. The summed E-state index contributed by atoms with van der Waals surface area (Å²) < 4.78 is 15.9. The molecule has 0 saturated carbocycles. The highest BCUT2D eigenvalue weighted by Crippen LogP contribution is 2.30. The van der Waals surface area contributed by atoms with Crippen molar-refractivity contribution in [2.75, 3.05) is 14.2 Å². The quantitative estimate of drug-likeness (QED) is 0.573. The molecule has 6 nitrogen and oxygen atoms in total. The fraction of sp³-hybridized carbons (Fsp3) is 0.118. The van der Waals surface area contributed by atoms with Crippen LogP contribution in [-0.2, 0) is 0 Å². The number of fused-ring (bicyclic) bond motifs is 1. The zero-order chi connectivity index (χ0) is 16.4. The van der Waals surface area contributed by atoms with Crippen LogP contribution >= 0.6 is 0 Å². The van der Waals surface area contributed by atoms with Gasteiger partial charge in [-0.1, -0.05) is 12.1 Å². The zero-order valence-electron chi connectivity index (χ0n) is 12.7. The summed E-state index contributed by atoms with van der Waals surface area (Å²) in [5.74, 6) is 6.78. The molecule has 23 heavy (non-hydrogen) atoms. The summed E-state index contributed by atoms with van der Waals surface area (Å²) in [7, 11) is 3.12. The van der Waals surface area contributed by atoms with Gasteiger partial charge in [0.2, 0.25) is 0 Å². The number of rotatable bonds is 3. The lowest BCUT2D eigenvalue weighted by Gasteiger charge is -2.09. The number of nitrogens with two attached hydrogens (primary N) is 1. The normalized spacial score (nSPS) is 11.7. The molecule has 6 heteroatoms. The van der Waals surface area contributed by atoms with E-state index in [4.69, 9.17) is 19.7 Å². The van der Waals surface area contributed by atoms with Gasteiger partial charge in [-0.25, -0.2) is 0 Å². The van der Waals surface area contributed by atoms with Gasteiger partial charge in [0.15, 0.2) is 0 Å². The van der Waals surface area contributed by atoms with E-state index in [9.17, 15) is 5.11 Å². The first kappa shape index (κ1) is 14.8. The molecule has 0 amide bonds. The smallest absolute Gasteiger partial charge is 0.143 e. The van der Waals surface area contributed by atoms with Crippen LogP contribution in [0.2, 0.25) is 0 Å². The first-order valence-electron chi connectivity index (χ1n) is 6.88. The topological polar surface area (TPSA) is 90.2 Å². The minimum atomic E-state index is -0.0114. The van der Waals surface area contributed by atoms with E-state index in [0.717, 1.165) is 11.3 Å². The Kier molecular flexibility index (Phi) is 3.80. The average Bonchev–Trinajstić information content (AvgIpc) is 2.60. The van der Waals surface area contributed by atoms with Crippen LogP contribution in [0.5, 0.6) is 17.2 Å². The van der Waals surface area contributed by atoms with Crippen LogP contribution in [0.3, 0.4) is 0 Å². The van der Waals surface area contributed by atoms with Gasteiger partial charge < -0.3 is 24.8 Å². The van der Waals surface area contributed by atoms with Crippen molar-refractivity contribution in [1.82, 2.24) is 0 Å². The summed E-state index contributed by atoms with van der Waals surface area (Å²) in [6.07, 6.45) is 1.55. The van der Waals surface area contributed by atoms with Gasteiger partial charge in [-0.05, 0) is 17.7 Å². The third-order valence-electron chi connectivity index (χ3n) is 3.62. The van der Waals surface area contributed by atoms with Gasteiger partial charge >= 0.3 is 0 Å². The van der Waals surface area contributed by atoms with Crippen LogP contribution in [0.15, 0.2) is 52.2 Å². The van der Waals surface area contributed by atoms with Gasteiger partial charge in [-0.3, -0.25) is 0 Å². The standard InChI is InChI=1S/C17H16N2O4/c1-21-11-5-3-10(4-6-11)13-9-23-15-8-12(22-2)7-14(20)16(15)17(13)19-18/h3-9,20H,18H2,1-2H3/b19-17-. The molecule has 0 atom stereocenters. The van der Waals surface area contributed by atoms with Gasteiger partial charge in [0.1, 0.15) is 34.5 Å². The molecule has 2 aromatic carbocycles. The number of methoxy groups -OCH3 is 2. The predicted octanol–water partition coefficient (Wildman–Crippen LogP) is 2.60. The SMILES string of the molecule is COc1ccc(-c2coc3cc(OC)cc(O)c3/c2=N\N)cc1. The van der Waals surface area contributed by atoms with Crippen molar-refractivity contribution in [2.24, 2.45) is 10.9 Å². The van der Waals surface area contributed by atoms with Crippen molar-refractivity contribution in [2.45, 2.75) is 0 Å². The maximum Gasteiger partial charge on any atom is 0.143 e. The average molecular weight is 312 g/mol. The van der Waals surface area contributed by atoms with Crippen LogP contribution in [0.1, 0.15) is 0 Å². The van der Waals surface area contributed by atoms with E-state index in [2.05, 4.69) is 5.10 Å². The van der Waals surface area contributed by atoms with E-state index in [-0.39, 0.29) is 5.75 Å². The van der Waals surface area contributed by atoms with E-state index in [1.165, 1.54) is 13.2 Å². The minimum absolute atomic E-state index is 0.0114. The predicted molar refractivity (Wildman–Crippen MR) is 86.2 cm³/mol. The Balaban J connectivity index is 2.28. The number of phenolic OH excluding ortho intramolecular Hbond substituents is 1. The maximum atomic E-state index is 10.3. The molecular formula is C17H16N2O4. The second-order valence-electron chi connectivity index (χ2n) is 4.88. The number of hydrogen-bond donors (Lipinski definition) is 2. The van der Waals surface area contributed by atoms with Gasteiger partial charge in [0, 0.05) is 17.7 Å². The molecule has 0 aliphatic rings. The third-order valence-corrected chi connectivity index (χ3v) is 3.62. The summed E-state index contributed by atoms with van der Waals surface area (Å²) in [6, 6.07) is 10.5. The van der Waals surface area contributed by atoms with Gasteiger partial charge in [0.05, 0.1) is 19.6 Å². The molecule has 1 heterocycles. The van der Waals surface area contributed by atoms with Crippen molar-refractivity contribution < 1.29 is 19.0 Å². The van der Waals surface area contributed by atoms with Gasteiger partial charge in [-0.15, -0.1) is 0 Å². The van der Waals surface area contributed by atoms with Gasteiger partial charge in [0.25, 0.3) is 0 Å². The summed E-state index contributed by atoms with van der Waals surface area (Å²) in [4.78, 5) is 0. The van der Waals surface area contributed by atoms with Crippen LogP contribution < -0.4 is 20.7 Å². The lowest BCUT2D eigenvalue weighted by atomic mass is 10.0. The first-order chi connectivity index (χ1) is 11.2. The van der Waals surface area contributed by atoms with Crippen molar-refractivity contribution in [3.05, 3.63) is 48.0 Å². The minimum Gasteiger partial charge on any atom is -0.507 e. The molecule has 0 aliphatic heterocycles. The Labute approximate surface area is 132 Å². The Bertz CT molecular complexity index is 914. The van der Waals surface area contributed by atoms with Crippen LogP contribution in [0.25, 0.3) is 22.1 Å². The van der Waals surface area contributed by atoms with E-state index >= 15 is 0 Å². The van der Waals surface area contributed by atoms with Crippen LogP contribution in [-0.4, -0.2) is 19.3 Å². The van der Waals surface area contributed by atoms with E-state index < -0.39 is 0 Å². The molecule has 3 rings (SSSR count). The highest BCUT2D eigenvalue weighted by Gasteiger charge is 2.13. The Morgan fingerprint density at radius 2 is 1.74 bits per heavy atom.